The van der Waals surface area contributed by atoms with Crippen LogP contribution in [0.2, 0.25) is 0 Å². The number of likely N-dealkylation sites (tertiary alicyclic amines) is 1. The molecule has 1 aliphatic rings. The number of amides is 1. The van der Waals surface area contributed by atoms with Gasteiger partial charge in [-0.25, -0.2) is 4.39 Å². The van der Waals surface area contributed by atoms with Crippen molar-refractivity contribution in [3.63, 3.8) is 0 Å². The molecule has 7 heteroatoms. The van der Waals surface area contributed by atoms with Gasteiger partial charge < -0.3 is 19.5 Å². The first-order chi connectivity index (χ1) is 13.5. The van der Waals surface area contributed by atoms with Crippen molar-refractivity contribution in [2.45, 2.75) is 6.04 Å². The summed E-state index contributed by atoms with van der Waals surface area (Å²) in [6.07, 6.45) is 0. The second kappa shape index (κ2) is 8.22. The van der Waals surface area contributed by atoms with Crippen LogP contribution in [0.5, 0.6) is 5.75 Å². The highest BCUT2D eigenvalue weighted by atomic mass is 19.1. The van der Waals surface area contributed by atoms with Gasteiger partial charge in [-0.15, -0.1) is 0 Å². The number of nitrogens with zero attached hydrogens (tertiary/aromatic N) is 1. The Hall–Kier alpha value is -3.19. The molecule has 2 aromatic rings. The van der Waals surface area contributed by atoms with Gasteiger partial charge >= 0.3 is 0 Å². The lowest BCUT2D eigenvalue weighted by Gasteiger charge is -2.25. The minimum Gasteiger partial charge on any atom is -0.507 e. The maximum atomic E-state index is 13.4. The van der Waals surface area contributed by atoms with Gasteiger partial charge in [0.15, 0.2) is 0 Å². The number of methoxy groups -OCH3 is 2. The maximum absolute atomic E-state index is 13.4. The van der Waals surface area contributed by atoms with Crippen LogP contribution in [0.1, 0.15) is 17.2 Å². The first-order valence-corrected chi connectivity index (χ1v) is 8.65. The van der Waals surface area contributed by atoms with E-state index in [0.717, 1.165) is 0 Å². The van der Waals surface area contributed by atoms with Crippen molar-refractivity contribution >= 4 is 17.4 Å². The fourth-order valence-corrected chi connectivity index (χ4v) is 3.20. The largest absolute Gasteiger partial charge is 0.507 e. The number of aliphatic hydroxyl groups excluding tert-OH is 1. The fraction of sp³-hybridized carbons (Fsp3) is 0.238. The normalized spacial score (nSPS) is 18.5. The van der Waals surface area contributed by atoms with E-state index in [-0.39, 0.29) is 24.5 Å². The van der Waals surface area contributed by atoms with Crippen LogP contribution in [0.4, 0.5) is 4.39 Å². The number of halogens is 1. The molecule has 1 N–H and O–H groups in total. The van der Waals surface area contributed by atoms with Gasteiger partial charge in [-0.05, 0) is 42.0 Å². The zero-order valence-electron chi connectivity index (χ0n) is 15.5. The van der Waals surface area contributed by atoms with Crippen molar-refractivity contribution in [1.82, 2.24) is 4.90 Å². The van der Waals surface area contributed by atoms with Crippen molar-refractivity contribution < 1.29 is 28.6 Å². The smallest absolute Gasteiger partial charge is 0.295 e. The Morgan fingerprint density at radius 2 is 1.71 bits per heavy atom. The molecule has 0 spiro atoms. The Bertz CT molecular complexity index is 905. The highest BCUT2D eigenvalue weighted by Crippen LogP contribution is 2.39. The van der Waals surface area contributed by atoms with Crippen LogP contribution in [-0.4, -0.2) is 49.1 Å². The van der Waals surface area contributed by atoms with Gasteiger partial charge in [0, 0.05) is 19.2 Å². The summed E-state index contributed by atoms with van der Waals surface area (Å²) in [5, 5.41) is 10.8. The molecule has 0 radical (unpaired) electrons. The summed E-state index contributed by atoms with van der Waals surface area (Å²) in [7, 11) is 3.01. The number of Topliss-reactive ketones (excluding diaryl/α,β-unsaturated/α-hetero) is 1. The van der Waals surface area contributed by atoms with Gasteiger partial charge in [-0.1, -0.05) is 12.1 Å². The van der Waals surface area contributed by atoms with Crippen LogP contribution < -0.4 is 4.74 Å². The van der Waals surface area contributed by atoms with E-state index in [9.17, 15) is 19.1 Å². The Labute approximate surface area is 161 Å². The summed E-state index contributed by atoms with van der Waals surface area (Å²) in [6, 6.07) is 11.1. The van der Waals surface area contributed by atoms with E-state index < -0.39 is 23.5 Å². The molecule has 0 bridgehead atoms. The highest BCUT2D eigenvalue weighted by Gasteiger charge is 2.45. The molecule has 146 valence electrons. The maximum Gasteiger partial charge on any atom is 0.295 e. The summed E-state index contributed by atoms with van der Waals surface area (Å²) >= 11 is 0. The third kappa shape index (κ3) is 3.61. The molecule has 3 rings (SSSR count). The lowest BCUT2D eigenvalue weighted by molar-refractivity contribution is -0.140. The number of hydrogen-bond donors (Lipinski definition) is 1. The zero-order valence-corrected chi connectivity index (χ0v) is 15.5. The average molecular weight is 385 g/mol. The molecule has 0 aliphatic carbocycles. The molecule has 0 saturated carbocycles. The molecule has 1 atom stereocenters. The molecule has 1 fully saturated rings. The quantitative estimate of drug-likeness (QED) is 0.470. The molecule has 28 heavy (non-hydrogen) atoms. The zero-order chi connectivity index (χ0) is 20.3. The van der Waals surface area contributed by atoms with Gasteiger partial charge in [-0.2, -0.15) is 0 Å². The number of carbonyl (C=O) groups is 2. The minimum absolute atomic E-state index is 0.0436. The summed E-state index contributed by atoms with van der Waals surface area (Å²) < 4.78 is 23.5. The van der Waals surface area contributed by atoms with Gasteiger partial charge in [0.1, 0.15) is 17.3 Å². The number of ether oxygens (including phenoxy) is 2. The molecular weight excluding hydrogens is 365 g/mol. The summed E-state index contributed by atoms with van der Waals surface area (Å²) in [4.78, 5) is 26.6. The second-order valence-corrected chi connectivity index (χ2v) is 6.27. The van der Waals surface area contributed by atoms with Crippen molar-refractivity contribution in [3.8, 4) is 5.75 Å². The van der Waals surface area contributed by atoms with Crippen LogP contribution in [0.25, 0.3) is 5.76 Å². The van der Waals surface area contributed by atoms with Crippen molar-refractivity contribution in [3.05, 3.63) is 71.0 Å². The molecule has 1 amide bonds. The third-order valence-corrected chi connectivity index (χ3v) is 4.63. The van der Waals surface area contributed by atoms with Crippen molar-refractivity contribution in [2.24, 2.45) is 0 Å². The number of rotatable bonds is 6. The molecule has 1 aliphatic heterocycles. The predicted octanol–water partition coefficient (Wildman–Crippen LogP) is 2.90. The van der Waals surface area contributed by atoms with Crippen molar-refractivity contribution in [2.75, 3.05) is 27.4 Å². The lowest BCUT2D eigenvalue weighted by Crippen LogP contribution is -2.32. The Balaban J connectivity index is 2.12. The predicted molar refractivity (Wildman–Crippen MR) is 100 cm³/mol. The topological polar surface area (TPSA) is 76.1 Å². The van der Waals surface area contributed by atoms with E-state index in [2.05, 4.69) is 0 Å². The monoisotopic (exact) mass is 385 g/mol. The average Bonchev–Trinajstić information content (AvgIpc) is 2.97. The first-order valence-electron chi connectivity index (χ1n) is 8.65. The molecule has 2 aromatic carbocycles. The van der Waals surface area contributed by atoms with Crippen LogP contribution in [0.15, 0.2) is 54.1 Å². The van der Waals surface area contributed by atoms with Crippen molar-refractivity contribution in [1.29, 1.82) is 0 Å². The van der Waals surface area contributed by atoms with Gasteiger partial charge in [0.25, 0.3) is 11.7 Å². The third-order valence-electron chi connectivity index (χ3n) is 4.63. The van der Waals surface area contributed by atoms with Crippen LogP contribution in [0.3, 0.4) is 0 Å². The van der Waals surface area contributed by atoms with E-state index in [1.54, 1.807) is 24.3 Å². The first kappa shape index (κ1) is 19.6. The van der Waals surface area contributed by atoms with Crippen LogP contribution >= 0.6 is 0 Å². The standard InChI is InChI=1S/C21H20FNO5/c1-27-12-11-23-18(13-3-7-15(22)8-4-13)17(20(25)21(23)26)19(24)14-5-9-16(28-2)10-6-14/h3-10,18,24H,11-12H2,1-2H3/b19-17+/t18-/m0/s1. The number of ketones is 1. The van der Waals surface area contributed by atoms with E-state index in [4.69, 9.17) is 9.47 Å². The molecular formula is C21H20FNO5. The number of carbonyl (C=O) groups excluding carboxylic acids is 2. The van der Waals surface area contributed by atoms with Crippen LogP contribution in [0, 0.1) is 5.82 Å². The number of hydrogen-bond acceptors (Lipinski definition) is 5. The van der Waals surface area contributed by atoms with E-state index in [0.29, 0.717) is 16.9 Å². The Kier molecular flexibility index (Phi) is 5.75. The molecule has 0 unspecified atom stereocenters. The Morgan fingerprint density at radius 1 is 1.07 bits per heavy atom. The van der Waals surface area contributed by atoms with Crippen LogP contribution in [-0.2, 0) is 14.3 Å². The lowest BCUT2D eigenvalue weighted by atomic mass is 9.95. The Morgan fingerprint density at radius 3 is 2.29 bits per heavy atom. The van der Waals surface area contributed by atoms with E-state index >= 15 is 0 Å². The minimum atomic E-state index is -0.835. The molecule has 1 saturated heterocycles. The summed E-state index contributed by atoms with van der Waals surface area (Å²) in [5.74, 6) is -1.67. The van der Waals surface area contributed by atoms with Gasteiger partial charge in [0.05, 0.1) is 25.3 Å². The molecule has 6 nitrogen and oxygen atoms in total. The fourth-order valence-electron chi connectivity index (χ4n) is 3.20. The highest BCUT2D eigenvalue weighted by molar-refractivity contribution is 6.46. The molecule has 0 aromatic heterocycles. The number of aliphatic hydroxyl groups is 1. The van der Waals surface area contributed by atoms with Gasteiger partial charge in [0.2, 0.25) is 0 Å². The molecule has 1 heterocycles. The van der Waals surface area contributed by atoms with E-state index in [1.165, 1.54) is 43.4 Å². The second-order valence-electron chi connectivity index (χ2n) is 6.27. The van der Waals surface area contributed by atoms with E-state index in [1.807, 2.05) is 0 Å². The SMILES string of the molecule is COCCN1C(=O)C(=O)/C(=C(/O)c2ccc(OC)cc2)[C@@H]1c1ccc(F)cc1. The summed E-state index contributed by atoms with van der Waals surface area (Å²) in [5.41, 5.74) is 0.849. The number of benzene rings is 2. The van der Waals surface area contributed by atoms with Gasteiger partial charge in [-0.3, -0.25) is 9.59 Å². The summed E-state index contributed by atoms with van der Waals surface area (Å²) in [6.45, 7) is 0.371.